The topological polar surface area (TPSA) is 99.1 Å². The van der Waals surface area contributed by atoms with Crippen molar-refractivity contribution in [3.05, 3.63) is 20.8 Å². The van der Waals surface area contributed by atoms with Crippen LogP contribution in [0.2, 0.25) is 0 Å². The van der Waals surface area contributed by atoms with Crippen molar-refractivity contribution in [3.8, 4) is 0 Å². The van der Waals surface area contributed by atoms with E-state index in [-0.39, 0.29) is 22.7 Å². The van der Waals surface area contributed by atoms with Gasteiger partial charge in [0.15, 0.2) is 11.4 Å². The molecule has 0 spiro atoms. The lowest BCUT2D eigenvalue weighted by Crippen LogP contribution is -2.37. The van der Waals surface area contributed by atoms with Crippen molar-refractivity contribution in [1.29, 1.82) is 0 Å². The van der Waals surface area contributed by atoms with E-state index < -0.39 is 17.3 Å². The lowest BCUT2D eigenvalue weighted by Gasteiger charge is -2.13. The molecule has 0 radical (unpaired) electrons. The van der Waals surface area contributed by atoms with E-state index in [9.17, 15) is 14.4 Å². The summed E-state index contributed by atoms with van der Waals surface area (Å²) in [5.74, 6) is 0.138. The predicted octanol–water partition coefficient (Wildman–Crippen LogP) is 0.395. The molecule has 0 saturated heterocycles. The van der Waals surface area contributed by atoms with E-state index >= 15 is 0 Å². The minimum atomic E-state index is -0.504. The second-order valence-electron chi connectivity index (χ2n) is 4.84. The highest BCUT2D eigenvalue weighted by Gasteiger charge is 2.22. The molecular weight excluding hydrogens is 276 g/mol. The molecule has 2 aromatic heterocycles. The van der Waals surface area contributed by atoms with Gasteiger partial charge in [0.25, 0.3) is 5.56 Å². The second-order valence-corrected chi connectivity index (χ2v) is 4.84. The van der Waals surface area contributed by atoms with Crippen molar-refractivity contribution < 1.29 is 9.32 Å². The van der Waals surface area contributed by atoms with E-state index in [1.54, 1.807) is 6.92 Å². The molecule has 0 aliphatic carbocycles. The Kier molecular flexibility index (Phi) is 3.97. The first-order valence-electron chi connectivity index (χ1n) is 6.76. The highest BCUT2D eigenvalue weighted by atomic mass is 16.5. The third-order valence-electron chi connectivity index (χ3n) is 3.53. The Balaban J connectivity index is 2.60. The normalized spacial score (nSPS) is 12.6. The van der Waals surface area contributed by atoms with Gasteiger partial charge in [-0.05, 0) is 6.42 Å². The summed E-state index contributed by atoms with van der Waals surface area (Å²) in [4.78, 5) is 35.8. The molecular formula is C13H18N4O4. The Morgan fingerprint density at radius 2 is 1.95 bits per heavy atom. The molecule has 114 valence electrons. The van der Waals surface area contributed by atoms with Crippen LogP contribution in [0.15, 0.2) is 14.1 Å². The number of ketones is 1. The van der Waals surface area contributed by atoms with E-state index in [2.05, 4.69) is 10.5 Å². The van der Waals surface area contributed by atoms with E-state index in [1.165, 1.54) is 18.7 Å². The quantitative estimate of drug-likeness (QED) is 0.856. The predicted molar refractivity (Wildman–Crippen MR) is 77.5 cm³/mol. The molecule has 0 aromatic carbocycles. The van der Waals surface area contributed by atoms with E-state index in [1.807, 2.05) is 6.92 Å². The number of fused-ring (bicyclic) bond motifs is 1. The fourth-order valence-electron chi connectivity index (χ4n) is 2.19. The lowest BCUT2D eigenvalue weighted by atomic mass is 10.1. The fraction of sp³-hybridized carbons (Fsp3) is 0.538. The zero-order valence-corrected chi connectivity index (χ0v) is 12.5. The van der Waals surface area contributed by atoms with Crippen molar-refractivity contribution in [2.45, 2.75) is 32.7 Å². The number of hydrogen-bond acceptors (Lipinski definition) is 6. The van der Waals surface area contributed by atoms with Crippen LogP contribution in [0, 0.1) is 0 Å². The minimum absolute atomic E-state index is 0.0173. The summed E-state index contributed by atoms with van der Waals surface area (Å²) in [6.45, 7) is 3.63. The maximum absolute atomic E-state index is 12.2. The lowest BCUT2D eigenvalue weighted by molar-refractivity contribution is -0.119. The molecule has 0 aliphatic rings. The molecule has 8 nitrogen and oxygen atoms in total. The first kappa shape index (κ1) is 15.0. The maximum atomic E-state index is 12.2. The number of nitrogens with one attached hydrogen (secondary N) is 1. The summed E-state index contributed by atoms with van der Waals surface area (Å²) in [7, 11) is 2.89. The highest BCUT2D eigenvalue weighted by Crippen LogP contribution is 2.20. The Hall–Kier alpha value is -2.38. The molecule has 0 fully saturated rings. The number of carbonyl (C=O) groups is 1. The largest absolute Gasteiger partial charge is 0.343 e. The fourth-order valence-corrected chi connectivity index (χ4v) is 2.19. The number of anilines is 1. The molecule has 0 aliphatic heterocycles. The van der Waals surface area contributed by atoms with E-state index in [0.29, 0.717) is 12.8 Å². The monoisotopic (exact) mass is 294 g/mol. The zero-order valence-electron chi connectivity index (χ0n) is 12.5. The van der Waals surface area contributed by atoms with Crippen molar-refractivity contribution >= 4 is 22.7 Å². The van der Waals surface area contributed by atoms with Gasteiger partial charge >= 0.3 is 5.69 Å². The van der Waals surface area contributed by atoms with Gasteiger partial charge in [-0.2, -0.15) is 0 Å². The van der Waals surface area contributed by atoms with Crippen LogP contribution in [0.4, 0.5) is 5.88 Å². The van der Waals surface area contributed by atoms with Gasteiger partial charge in [0.2, 0.25) is 5.88 Å². The molecule has 0 saturated carbocycles. The van der Waals surface area contributed by atoms with Gasteiger partial charge in [-0.15, -0.1) is 0 Å². The van der Waals surface area contributed by atoms with Crippen LogP contribution in [0.3, 0.4) is 0 Å². The number of aromatic nitrogens is 3. The number of Topliss-reactive ketones (excluding diaryl/α,β-unsaturated/α-hetero) is 1. The van der Waals surface area contributed by atoms with Gasteiger partial charge in [-0.25, -0.2) is 4.79 Å². The molecule has 1 N–H and O–H groups in total. The van der Waals surface area contributed by atoms with Gasteiger partial charge in [-0.1, -0.05) is 19.0 Å². The van der Waals surface area contributed by atoms with Gasteiger partial charge < -0.3 is 9.84 Å². The van der Waals surface area contributed by atoms with Crippen LogP contribution in [0.5, 0.6) is 0 Å². The van der Waals surface area contributed by atoms with Crippen LogP contribution in [0.25, 0.3) is 11.0 Å². The van der Waals surface area contributed by atoms with Crippen molar-refractivity contribution in [3.63, 3.8) is 0 Å². The minimum Gasteiger partial charge on any atom is -0.343 e. The van der Waals surface area contributed by atoms with Crippen LogP contribution in [-0.4, -0.2) is 26.1 Å². The standard InChI is InChI=1S/C13H18N4O4/c1-5-7(8(18)6-2)14-11-9-10(15-21-11)16(3)13(20)17(4)12(9)19/h7,14H,5-6H2,1-4H3. The molecule has 8 heteroatoms. The van der Waals surface area contributed by atoms with Crippen LogP contribution >= 0.6 is 0 Å². The van der Waals surface area contributed by atoms with Gasteiger partial charge in [0.1, 0.15) is 5.39 Å². The smallest absolute Gasteiger partial charge is 0.332 e. The Morgan fingerprint density at radius 1 is 1.29 bits per heavy atom. The van der Waals surface area contributed by atoms with Crippen LogP contribution in [-0.2, 0) is 18.9 Å². The third kappa shape index (κ3) is 2.37. The maximum Gasteiger partial charge on any atom is 0.332 e. The highest BCUT2D eigenvalue weighted by molar-refractivity contribution is 5.90. The Morgan fingerprint density at radius 3 is 2.52 bits per heavy atom. The molecule has 2 rings (SSSR count). The van der Waals surface area contributed by atoms with Crippen LogP contribution in [0.1, 0.15) is 26.7 Å². The summed E-state index contributed by atoms with van der Waals surface area (Å²) in [6.07, 6.45) is 0.940. The molecule has 2 aromatic rings. The number of carbonyl (C=O) groups excluding carboxylic acids is 1. The van der Waals surface area contributed by atoms with Gasteiger partial charge in [0.05, 0.1) is 6.04 Å². The van der Waals surface area contributed by atoms with E-state index in [4.69, 9.17) is 4.52 Å². The number of aryl methyl sites for hydroxylation is 1. The number of nitrogens with zero attached hydrogens (tertiary/aromatic N) is 3. The average molecular weight is 294 g/mol. The van der Waals surface area contributed by atoms with Gasteiger partial charge in [-0.3, -0.25) is 18.7 Å². The zero-order chi connectivity index (χ0) is 15.7. The molecule has 0 amide bonds. The Bertz CT molecular complexity index is 799. The van der Waals surface area contributed by atoms with Crippen LogP contribution < -0.4 is 16.6 Å². The SMILES string of the molecule is CCC(=O)C(CC)Nc1onc2c1c(=O)n(C)c(=O)n2C. The molecule has 1 unspecified atom stereocenters. The summed E-state index contributed by atoms with van der Waals surface area (Å²) in [6, 6.07) is -0.451. The number of hydrogen-bond donors (Lipinski definition) is 1. The first-order chi connectivity index (χ1) is 9.92. The summed E-state index contributed by atoms with van der Waals surface area (Å²) < 4.78 is 7.34. The van der Waals surface area contributed by atoms with Crippen molar-refractivity contribution in [1.82, 2.24) is 14.3 Å². The molecule has 1 atom stereocenters. The Labute approximate surface area is 120 Å². The summed E-state index contributed by atoms with van der Waals surface area (Å²) in [5, 5.41) is 6.83. The van der Waals surface area contributed by atoms with Crippen molar-refractivity contribution in [2.24, 2.45) is 14.1 Å². The summed E-state index contributed by atoms with van der Waals surface area (Å²) >= 11 is 0. The van der Waals surface area contributed by atoms with E-state index in [0.717, 1.165) is 4.57 Å². The molecule has 21 heavy (non-hydrogen) atoms. The number of rotatable bonds is 5. The summed E-state index contributed by atoms with van der Waals surface area (Å²) in [5.41, 5.74) is -0.830. The first-order valence-corrected chi connectivity index (χ1v) is 6.76. The van der Waals surface area contributed by atoms with Crippen molar-refractivity contribution in [2.75, 3.05) is 5.32 Å². The second kappa shape index (κ2) is 5.55. The average Bonchev–Trinajstić information content (AvgIpc) is 2.91. The third-order valence-corrected chi connectivity index (χ3v) is 3.53. The molecule has 0 bridgehead atoms. The van der Waals surface area contributed by atoms with Gasteiger partial charge in [0, 0.05) is 20.5 Å². The molecule has 2 heterocycles.